The average Bonchev–Trinajstić information content (AvgIpc) is 2.99. The van der Waals surface area contributed by atoms with E-state index in [1.165, 1.54) is 0 Å². The van der Waals surface area contributed by atoms with Crippen LogP contribution in [-0.4, -0.2) is 50.4 Å². The topological polar surface area (TPSA) is 113 Å². The van der Waals surface area contributed by atoms with Gasteiger partial charge in [-0.2, -0.15) is 5.10 Å². The number of nitrogens with zero attached hydrogens (tertiary/aromatic N) is 3. The average molecular weight is 406 g/mol. The molecule has 28 heavy (non-hydrogen) atoms. The summed E-state index contributed by atoms with van der Waals surface area (Å²) in [6.45, 7) is 5.84. The fourth-order valence-corrected chi connectivity index (χ4v) is 3.48. The van der Waals surface area contributed by atoms with Crippen LogP contribution >= 0.6 is 11.6 Å². The number of fused-ring (bicyclic) bond motifs is 1. The minimum Gasteiger partial charge on any atom is -0.394 e. The number of benzene rings is 1. The summed E-state index contributed by atoms with van der Waals surface area (Å²) < 4.78 is 1.59. The lowest BCUT2D eigenvalue weighted by atomic mass is 10.0. The molecule has 1 aliphatic heterocycles. The summed E-state index contributed by atoms with van der Waals surface area (Å²) in [5.74, 6) is -0.647. The van der Waals surface area contributed by atoms with E-state index >= 15 is 0 Å². The fourth-order valence-electron chi connectivity index (χ4n) is 3.29. The highest BCUT2D eigenvalue weighted by atomic mass is 35.5. The Morgan fingerprint density at radius 3 is 2.68 bits per heavy atom. The van der Waals surface area contributed by atoms with Crippen LogP contribution in [0.1, 0.15) is 42.9 Å². The number of urea groups is 1. The molecule has 2 aromatic rings. The molecule has 3 rings (SSSR count). The SMILES string of the molecule is CC(C)(C)NC(=O)N1Cc2c(C(N)=O)c(-c3cccc(Cl)c3)nn2C(CO)C1. The second kappa shape index (κ2) is 7.44. The van der Waals surface area contributed by atoms with Gasteiger partial charge >= 0.3 is 6.03 Å². The molecule has 1 aromatic carbocycles. The van der Waals surface area contributed by atoms with E-state index < -0.39 is 17.5 Å². The molecule has 1 aliphatic rings. The lowest BCUT2D eigenvalue weighted by Gasteiger charge is -2.35. The second-order valence-electron chi connectivity index (χ2n) is 7.89. The maximum absolute atomic E-state index is 12.7. The summed E-state index contributed by atoms with van der Waals surface area (Å²) in [7, 11) is 0. The van der Waals surface area contributed by atoms with Crippen molar-refractivity contribution in [1.29, 1.82) is 0 Å². The number of hydrogen-bond donors (Lipinski definition) is 3. The molecule has 0 radical (unpaired) electrons. The molecule has 8 nitrogen and oxygen atoms in total. The van der Waals surface area contributed by atoms with Crippen LogP contribution in [0, 0.1) is 0 Å². The first-order chi connectivity index (χ1) is 13.1. The van der Waals surface area contributed by atoms with Crippen molar-refractivity contribution in [2.45, 2.75) is 38.9 Å². The molecule has 150 valence electrons. The largest absolute Gasteiger partial charge is 0.394 e. The van der Waals surface area contributed by atoms with Crippen LogP contribution in [0.3, 0.4) is 0 Å². The Hall–Kier alpha value is -2.58. The number of nitrogens with two attached hydrogens (primary N) is 1. The number of rotatable bonds is 3. The Morgan fingerprint density at radius 1 is 1.39 bits per heavy atom. The summed E-state index contributed by atoms with van der Waals surface area (Å²) in [6.07, 6.45) is 0. The molecule has 4 N–H and O–H groups in total. The molecule has 0 saturated carbocycles. The zero-order valence-corrected chi connectivity index (χ0v) is 16.8. The van der Waals surface area contributed by atoms with Crippen molar-refractivity contribution in [3.05, 3.63) is 40.5 Å². The van der Waals surface area contributed by atoms with Crippen molar-refractivity contribution in [3.8, 4) is 11.3 Å². The third-order valence-electron chi connectivity index (χ3n) is 4.45. The first-order valence-electron chi connectivity index (χ1n) is 8.96. The lowest BCUT2D eigenvalue weighted by Crippen LogP contribution is -2.52. The van der Waals surface area contributed by atoms with Crippen molar-refractivity contribution in [2.75, 3.05) is 13.2 Å². The zero-order valence-electron chi connectivity index (χ0n) is 16.1. The van der Waals surface area contributed by atoms with Crippen molar-refractivity contribution in [1.82, 2.24) is 20.0 Å². The molecule has 0 aliphatic carbocycles. The van der Waals surface area contributed by atoms with Gasteiger partial charge in [0.1, 0.15) is 5.69 Å². The quantitative estimate of drug-likeness (QED) is 0.725. The Kier molecular flexibility index (Phi) is 5.36. The van der Waals surface area contributed by atoms with E-state index in [-0.39, 0.29) is 31.3 Å². The smallest absolute Gasteiger partial charge is 0.318 e. The van der Waals surface area contributed by atoms with Crippen LogP contribution in [0.25, 0.3) is 11.3 Å². The van der Waals surface area contributed by atoms with Crippen molar-refractivity contribution >= 4 is 23.5 Å². The van der Waals surface area contributed by atoms with Crippen molar-refractivity contribution in [3.63, 3.8) is 0 Å². The fraction of sp³-hybridized carbons (Fsp3) is 0.421. The van der Waals surface area contributed by atoms with Crippen LogP contribution in [0.4, 0.5) is 4.79 Å². The standard InChI is InChI=1S/C19H24ClN5O3/c1-19(2,3)22-18(28)24-8-13(10-26)25-14(9-24)15(17(21)27)16(23-25)11-5-4-6-12(20)7-11/h4-7,13,26H,8-10H2,1-3H3,(H2,21,27)(H,22,28). The van der Waals surface area contributed by atoms with E-state index in [9.17, 15) is 14.7 Å². The van der Waals surface area contributed by atoms with Crippen LogP contribution in [-0.2, 0) is 6.54 Å². The van der Waals surface area contributed by atoms with E-state index in [0.717, 1.165) is 0 Å². The van der Waals surface area contributed by atoms with Crippen molar-refractivity contribution < 1.29 is 14.7 Å². The van der Waals surface area contributed by atoms with E-state index in [4.69, 9.17) is 17.3 Å². The predicted octanol–water partition coefficient (Wildman–Crippen LogP) is 2.16. The molecular weight excluding hydrogens is 382 g/mol. The number of aliphatic hydroxyl groups excluding tert-OH is 1. The number of nitrogens with one attached hydrogen (secondary N) is 1. The van der Waals surface area contributed by atoms with Gasteiger partial charge in [-0.25, -0.2) is 4.79 Å². The number of hydrogen-bond acceptors (Lipinski definition) is 4. The van der Waals surface area contributed by atoms with Gasteiger partial charge in [0.2, 0.25) is 0 Å². The number of aliphatic hydroxyl groups is 1. The highest BCUT2D eigenvalue weighted by molar-refractivity contribution is 6.30. The van der Waals surface area contributed by atoms with E-state index in [2.05, 4.69) is 10.4 Å². The molecule has 1 aromatic heterocycles. The molecule has 1 unspecified atom stereocenters. The summed E-state index contributed by atoms with van der Waals surface area (Å²) in [4.78, 5) is 26.5. The van der Waals surface area contributed by atoms with Crippen LogP contribution in [0.5, 0.6) is 0 Å². The minimum absolute atomic E-state index is 0.157. The van der Waals surface area contributed by atoms with Crippen molar-refractivity contribution in [2.24, 2.45) is 5.73 Å². The van der Waals surface area contributed by atoms with Gasteiger partial charge in [-0.3, -0.25) is 9.48 Å². The van der Waals surface area contributed by atoms with Gasteiger partial charge in [-0.1, -0.05) is 23.7 Å². The van der Waals surface area contributed by atoms with Gasteiger partial charge in [0.15, 0.2) is 0 Å². The predicted molar refractivity (Wildman–Crippen MR) is 106 cm³/mol. The van der Waals surface area contributed by atoms with Crippen LogP contribution < -0.4 is 11.1 Å². The Balaban J connectivity index is 2.07. The zero-order chi connectivity index (χ0) is 20.6. The molecule has 9 heteroatoms. The Bertz CT molecular complexity index is 919. The first kappa shape index (κ1) is 20.2. The minimum atomic E-state index is -0.647. The summed E-state index contributed by atoms with van der Waals surface area (Å²) in [5.41, 5.74) is 7.01. The van der Waals surface area contributed by atoms with E-state index in [1.807, 2.05) is 20.8 Å². The molecule has 1 atom stereocenters. The Labute approximate surface area is 168 Å². The number of amides is 3. The number of carbonyl (C=O) groups is 2. The number of carbonyl (C=O) groups excluding carboxylic acids is 2. The number of halogens is 1. The number of aromatic nitrogens is 2. The van der Waals surface area contributed by atoms with Crippen LogP contribution in [0.15, 0.2) is 24.3 Å². The van der Waals surface area contributed by atoms with Gasteiger partial charge < -0.3 is 21.1 Å². The van der Waals surface area contributed by atoms with Gasteiger partial charge in [-0.05, 0) is 32.9 Å². The summed E-state index contributed by atoms with van der Waals surface area (Å²) in [6, 6.07) is 6.19. The molecular formula is C19H24ClN5O3. The van der Waals surface area contributed by atoms with Gasteiger partial charge in [-0.15, -0.1) is 0 Å². The van der Waals surface area contributed by atoms with E-state index in [1.54, 1.807) is 33.8 Å². The normalized spacial score (nSPS) is 16.6. The highest BCUT2D eigenvalue weighted by Crippen LogP contribution is 2.32. The lowest BCUT2D eigenvalue weighted by molar-refractivity contribution is 0.0990. The van der Waals surface area contributed by atoms with Gasteiger partial charge in [0, 0.05) is 22.7 Å². The maximum Gasteiger partial charge on any atom is 0.318 e. The van der Waals surface area contributed by atoms with Crippen LogP contribution in [0.2, 0.25) is 5.02 Å². The number of primary amides is 1. The van der Waals surface area contributed by atoms with Gasteiger partial charge in [0.25, 0.3) is 5.91 Å². The summed E-state index contributed by atoms with van der Waals surface area (Å²) in [5, 5.41) is 17.8. The maximum atomic E-state index is 12.7. The summed E-state index contributed by atoms with van der Waals surface area (Å²) >= 11 is 6.08. The second-order valence-corrected chi connectivity index (χ2v) is 8.32. The third kappa shape index (κ3) is 3.98. The molecule has 0 fully saturated rings. The first-order valence-corrected chi connectivity index (χ1v) is 9.33. The van der Waals surface area contributed by atoms with E-state index in [0.29, 0.717) is 22.0 Å². The highest BCUT2D eigenvalue weighted by Gasteiger charge is 2.35. The Morgan fingerprint density at radius 2 is 2.11 bits per heavy atom. The molecule has 2 heterocycles. The molecule has 0 spiro atoms. The molecule has 3 amide bonds. The van der Waals surface area contributed by atoms with Gasteiger partial charge in [0.05, 0.1) is 30.5 Å². The molecule has 0 bridgehead atoms. The monoisotopic (exact) mass is 405 g/mol. The molecule has 0 saturated heterocycles. The third-order valence-corrected chi connectivity index (χ3v) is 4.69.